The number of amides is 1. The lowest BCUT2D eigenvalue weighted by Crippen LogP contribution is -2.35. The first-order valence-electron chi connectivity index (χ1n) is 9.16. The Bertz CT molecular complexity index is 922. The lowest BCUT2D eigenvalue weighted by Gasteiger charge is -2.17. The summed E-state index contributed by atoms with van der Waals surface area (Å²) in [5.74, 6) is -0.379. The second kappa shape index (κ2) is 9.32. The number of nitrogens with one attached hydrogen (secondary N) is 1. The number of hydrogen-bond acceptors (Lipinski definition) is 4. The van der Waals surface area contributed by atoms with E-state index in [1.165, 1.54) is 12.6 Å². The second-order valence-electron chi connectivity index (χ2n) is 7.31. The fraction of sp³-hybridized carbons (Fsp3) is 0.381. The molecule has 0 aliphatic carbocycles. The van der Waals surface area contributed by atoms with Crippen LogP contribution in [0.15, 0.2) is 47.4 Å². The minimum absolute atomic E-state index is 0.191. The fourth-order valence-corrected chi connectivity index (χ4v) is 3.86. The standard InChI is InChI=1S/C21H29N3O3S/c1-16-6-11-20(14-17(16)2)28(26,27)24(5)15-21(25)22-19-9-7-18(8-10-19)12-13-23(3)4/h6-11,14H,12-13,15H2,1-5H3,(H,22,25). The first kappa shape index (κ1) is 22.1. The SMILES string of the molecule is Cc1ccc(S(=O)(=O)N(C)CC(=O)Nc2ccc(CCN(C)C)cc2)cc1C. The molecule has 2 aromatic rings. The van der Waals surface area contributed by atoms with Crippen molar-refractivity contribution in [2.24, 2.45) is 0 Å². The van der Waals surface area contributed by atoms with Gasteiger partial charge >= 0.3 is 0 Å². The smallest absolute Gasteiger partial charge is 0.243 e. The predicted molar refractivity (Wildman–Crippen MR) is 113 cm³/mol. The number of likely N-dealkylation sites (N-methyl/N-ethyl adjacent to an activating group) is 2. The molecule has 0 unspecified atom stereocenters. The van der Waals surface area contributed by atoms with Gasteiger partial charge in [-0.1, -0.05) is 18.2 Å². The van der Waals surface area contributed by atoms with Crippen LogP contribution in [0.5, 0.6) is 0 Å². The lowest BCUT2D eigenvalue weighted by molar-refractivity contribution is -0.116. The molecule has 0 fully saturated rings. The van der Waals surface area contributed by atoms with Gasteiger partial charge < -0.3 is 10.2 Å². The van der Waals surface area contributed by atoms with Gasteiger partial charge in [-0.2, -0.15) is 4.31 Å². The normalized spacial score (nSPS) is 11.8. The van der Waals surface area contributed by atoms with Crippen LogP contribution in [0, 0.1) is 13.8 Å². The zero-order chi connectivity index (χ0) is 20.9. The highest BCUT2D eigenvalue weighted by Gasteiger charge is 2.23. The van der Waals surface area contributed by atoms with Crippen molar-refractivity contribution in [2.45, 2.75) is 25.2 Å². The number of aryl methyl sites for hydroxylation is 2. The summed E-state index contributed by atoms with van der Waals surface area (Å²) >= 11 is 0. The Morgan fingerprint density at radius 1 is 0.964 bits per heavy atom. The number of hydrogen-bond donors (Lipinski definition) is 1. The number of rotatable bonds is 8. The summed E-state index contributed by atoms with van der Waals surface area (Å²) in [6.07, 6.45) is 0.929. The summed E-state index contributed by atoms with van der Waals surface area (Å²) in [6, 6.07) is 12.6. The predicted octanol–water partition coefficient (Wildman–Crippen LogP) is 2.67. The highest BCUT2D eigenvalue weighted by atomic mass is 32.2. The maximum atomic E-state index is 12.7. The third-order valence-corrected chi connectivity index (χ3v) is 6.44. The third-order valence-electron chi connectivity index (χ3n) is 4.64. The van der Waals surface area contributed by atoms with Crippen molar-refractivity contribution < 1.29 is 13.2 Å². The van der Waals surface area contributed by atoms with Gasteiger partial charge in [0.1, 0.15) is 0 Å². The molecule has 2 aromatic carbocycles. The molecule has 1 amide bonds. The summed E-state index contributed by atoms with van der Waals surface area (Å²) in [6.45, 7) is 4.49. The minimum atomic E-state index is -3.72. The number of nitrogens with zero attached hydrogens (tertiary/aromatic N) is 2. The molecule has 0 atom stereocenters. The molecule has 0 spiro atoms. The number of anilines is 1. The van der Waals surface area contributed by atoms with E-state index in [1.54, 1.807) is 18.2 Å². The van der Waals surface area contributed by atoms with Crippen molar-refractivity contribution in [3.63, 3.8) is 0 Å². The van der Waals surface area contributed by atoms with Gasteiger partial charge in [0.05, 0.1) is 11.4 Å². The topological polar surface area (TPSA) is 69.7 Å². The number of carbonyl (C=O) groups excluding carboxylic acids is 1. The van der Waals surface area contributed by atoms with Gasteiger partial charge in [0.25, 0.3) is 0 Å². The molecular weight excluding hydrogens is 374 g/mol. The van der Waals surface area contributed by atoms with Gasteiger partial charge in [-0.25, -0.2) is 8.42 Å². The zero-order valence-electron chi connectivity index (χ0n) is 17.2. The van der Waals surface area contributed by atoms with Gasteiger partial charge in [0.2, 0.25) is 15.9 Å². The van der Waals surface area contributed by atoms with E-state index in [-0.39, 0.29) is 17.3 Å². The molecule has 7 heteroatoms. The Morgan fingerprint density at radius 3 is 2.18 bits per heavy atom. The van der Waals surface area contributed by atoms with Gasteiger partial charge in [-0.3, -0.25) is 4.79 Å². The van der Waals surface area contributed by atoms with E-state index >= 15 is 0 Å². The monoisotopic (exact) mass is 403 g/mol. The van der Waals surface area contributed by atoms with Crippen molar-refractivity contribution in [1.82, 2.24) is 9.21 Å². The lowest BCUT2D eigenvalue weighted by atomic mass is 10.1. The molecule has 1 N–H and O–H groups in total. The fourth-order valence-electron chi connectivity index (χ4n) is 2.65. The third kappa shape index (κ3) is 5.89. The van der Waals surface area contributed by atoms with Crippen LogP contribution >= 0.6 is 0 Å². The maximum absolute atomic E-state index is 12.7. The minimum Gasteiger partial charge on any atom is -0.325 e. The molecule has 152 valence electrons. The van der Waals surface area contributed by atoms with Crippen LogP contribution in [-0.4, -0.2) is 57.8 Å². The van der Waals surface area contributed by atoms with Crippen LogP contribution in [0.25, 0.3) is 0 Å². The van der Waals surface area contributed by atoms with E-state index < -0.39 is 10.0 Å². The summed E-state index contributed by atoms with van der Waals surface area (Å²) in [5.41, 5.74) is 3.75. The molecule has 0 bridgehead atoms. The van der Waals surface area contributed by atoms with Crippen LogP contribution < -0.4 is 5.32 Å². The Morgan fingerprint density at radius 2 is 1.61 bits per heavy atom. The quantitative estimate of drug-likeness (QED) is 0.736. The average molecular weight is 404 g/mol. The molecule has 0 saturated heterocycles. The van der Waals surface area contributed by atoms with Crippen LogP contribution in [0.4, 0.5) is 5.69 Å². The largest absolute Gasteiger partial charge is 0.325 e. The molecule has 2 rings (SSSR count). The molecule has 28 heavy (non-hydrogen) atoms. The average Bonchev–Trinajstić information content (AvgIpc) is 2.63. The van der Waals surface area contributed by atoms with Crippen molar-refractivity contribution in [1.29, 1.82) is 0 Å². The summed E-state index contributed by atoms with van der Waals surface area (Å²) in [4.78, 5) is 14.6. The van der Waals surface area contributed by atoms with Gasteiger partial charge in [0.15, 0.2) is 0 Å². The number of benzene rings is 2. The van der Waals surface area contributed by atoms with E-state index in [9.17, 15) is 13.2 Å². The first-order chi connectivity index (χ1) is 13.1. The molecular formula is C21H29N3O3S. The van der Waals surface area contributed by atoms with Crippen LogP contribution in [0.2, 0.25) is 0 Å². The maximum Gasteiger partial charge on any atom is 0.243 e. The molecule has 0 saturated carbocycles. The molecule has 0 aromatic heterocycles. The van der Waals surface area contributed by atoms with Crippen LogP contribution in [-0.2, 0) is 21.2 Å². The Balaban J connectivity index is 1.98. The molecule has 0 heterocycles. The molecule has 6 nitrogen and oxygen atoms in total. The molecule has 0 aliphatic heterocycles. The highest BCUT2D eigenvalue weighted by molar-refractivity contribution is 7.89. The summed E-state index contributed by atoms with van der Waals surface area (Å²) < 4.78 is 26.5. The van der Waals surface area contributed by atoms with E-state index in [4.69, 9.17) is 0 Å². The Labute approximate surface area is 168 Å². The van der Waals surface area contributed by atoms with E-state index in [0.717, 1.165) is 28.4 Å². The van der Waals surface area contributed by atoms with E-state index in [1.807, 2.05) is 52.2 Å². The van der Waals surface area contributed by atoms with E-state index in [0.29, 0.717) is 5.69 Å². The van der Waals surface area contributed by atoms with Crippen LogP contribution in [0.3, 0.4) is 0 Å². The van der Waals surface area contributed by atoms with Crippen molar-refractivity contribution in [3.8, 4) is 0 Å². The number of sulfonamides is 1. The van der Waals surface area contributed by atoms with E-state index in [2.05, 4.69) is 10.2 Å². The zero-order valence-corrected chi connectivity index (χ0v) is 18.0. The highest BCUT2D eigenvalue weighted by Crippen LogP contribution is 2.18. The first-order valence-corrected chi connectivity index (χ1v) is 10.6. The van der Waals surface area contributed by atoms with Crippen molar-refractivity contribution >= 4 is 21.6 Å². The van der Waals surface area contributed by atoms with Gasteiger partial charge in [-0.05, 0) is 75.3 Å². The molecule has 0 radical (unpaired) electrons. The van der Waals surface area contributed by atoms with Crippen molar-refractivity contribution in [3.05, 3.63) is 59.2 Å². The molecule has 0 aliphatic rings. The van der Waals surface area contributed by atoms with Crippen molar-refractivity contribution in [2.75, 3.05) is 39.5 Å². The summed E-state index contributed by atoms with van der Waals surface area (Å²) in [7, 11) is 1.74. The van der Waals surface area contributed by atoms with Gasteiger partial charge in [-0.15, -0.1) is 0 Å². The Kier molecular flexibility index (Phi) is 7.35. The Hall–Kier alpha value is -2.22. The van der Waals surface area contributed by atoms with Gasteiger partial charge in [0, 0.05) is 19.3 Å². The second-order valence-corrected chi connectivity index (χ2v) is 9.35. The number of carbonyl (C=O) groups is 1. The summed E-state index contributed by atoms with van der Waals surface area (Å²) in [5, 5.41) is 2.75. The van der Waals surface area contributed by atoms with Crippen LogP contribution in [0.1, 0.15) is 16.7 Å².